The van der Waals surface area contributed by atoms with Crippen LogP contribution < -0.4 is 15.4 Å². The third-order valence-electron chi connectivity index (χ3n) is 2.95. The molecule has 1 rings (SSSR count). The molecule has 0 fully saturated rings. The smallest absolute Gasteiger partial charge is 0.315 e. The van der Waals surface area contributed by atoms with Crippen molar-refractivity contribution in [2.24, 2.45) is 0 Å². The summed E-state index contributed by atoms with van der Waals surface area (Å²) in [5.74, 6) is 1.28. The topological polar surface area (TPSA) is 50.4 Å². The Morgan fingerprint density at radius 1 is 1.32 bits per heavy atom. The molecule has 0 heterocycles. The van der Waals surface area contributed by atoms with Gasteiger partial charge in [-0.1, -0.05) is 32.9 Å². The zero-order chi connectivity index (χ0) is 14.3. The van der Waals surface area contributed by atoms with Crippen LogP contribution in [0.4, 0.5) is 4.79 Å². The van der Waals surface area contributed by atoms with Gasteiger partial charge in [-0.25, -0.2) is 4.79 Å². The van der Waals surface area contributed by atoms with E-state index in [1.165, 1.54) is 5.56 Å². The highest BCUT2D eigenvalue weighted by atomic mass is 16.5. The number of nitrogens with one attached hydrogen (secondary N) is 2. The van der Waals surface area contributed by atoms with Crippen LogP contribution in [-0.4, -0.2) is 19.7 Å². The molecule has 0 aliphatic heterocycles. The van der Waals surface area contributed by atoms with Gasteiger partial charge in [-0.15, -0.1) is 0 Å². The van der Waals surface area contributed by atoms with Crippen LogP contribution in [0.1, 0.15) is 44.2 Å². The highest BCUT2D eigenvalue weighted by Gasteiger charge is 2.08. The van der Waals surface area contributed by atoms with Crippen molar-refractivity contribution in [1.82, 2.24) is 10.6 Å². The third kappa shape index (κ3) is 4.81. The van der Waals surface area contributed by atoms with Crippen molar-refractivity contribution in [3.63, 3.8) is 0 Å². The minimum atomic E-state index is -0.142. The number of carbonyl (C=O) groups is 1. The van der Waals surface area contributed by atoms with E-state index in [4.69, 9.17) is 4.74 Å². The molecule has 0 saturated heterocycles. The van der Waals surface area contributed by atoms with Crippen molar-refractivity contribution in [1.29, 1.82) is 0 Å². The molecule has 0 saturated carbocycles. The van der Waals surface area contributed by atoms with Crippen LogP contribution in [0, 0.1) is 0 Å². The van der Waals surface area contributed by atoms with Crippen molar-refractivity contribution >= 4 is 6.03 Å². The van der Waals surface area contributed by atoms with Crippen molar-refractivity contribution in [3.05, 3.63) is 29.3 Å². The average molecular weight is 264 g/mol. The number of methoxy groups -OCH3 is 1. The molecule has 0 aromatic heterocycles. The summed E-state index contributed by atoms with van der Waals surface area (Å²) in [6.07, 6.45) is 0.930. The van der Waals surface area contributed by atoms with Gasteiger partial charge in [0.15, 0.2) is 0 Å². The van der Waals surface area contributed by atoms with E-state index in [2.05, 4.69) is 30.5 Å². The maximum atomic E-state index is 11.5. The Kier molecular flexibility index (Phi) is 6.19. The highest BCUT2D eigenvalue weighted by Crippen LogP contribution is 2.24. The molecule has 0 bridgehead atoms. The van der Waals surface area contributed by atoms with E-state index in [1.54, 1.807) is 7.11 Å². The van der Waals surface area contributed by atoms with Crippen molar-refractivity contribution in [3.8, 4) is 5.75 Å². The fourth-order valence-electron chi connectivity index (χ4n) is 1.74. The maximum Gasteiger partial charge on any atom is 0.315 e. The molecular weight excluding hydrogens is 240 g/mol. The minimum absolute atomic E-state index is 0.142. The van der Waals surface area contributed by atoms with Gasteiger partial charge in [-0.2, -0.15) is 0 Å². The van der Waals surface area contributed by atoms with Gasteiger partial charge in [-0.05, 0) is 24.0 Å². The van der Waals surface area contributed by atoms with E-state index in [1.807, 2.05) is 19.1 Å². The lowest BCUT2D eigenvalue weighted by atomic mass is 10.0. The Hall–Kier alpha value is -1.71. The summed E-state index contributed by atoms with van der Waals surface area (Å²) in [5, 5.41) is 5.61. The van der Waals surface area contributed by atoms with Crippen molar-refractivity contribution < 1.29 is 9.53 Å². The first-order valence-corrected chi connectivity index (χ1v) is 6.77. The lowest BCUT2D eigenvalue weighted by Gasteiger charge is -2.13. The summed E-state index contributed by atoms with van der Waals surface area (Å²) in [6, 6.07) is 5.98. The Morgan fingerprint density at radius 2 is 2.05 bits per heavy atom. The summed E-state index contributed by atoms with van der Waals surface area (Å²) in [7, 11) is 1.65. The SMILES string of the molecule is CCCNC(=O)NCc1ccc(C(C)C)cc1OC. The van der Waals surface area contributed by atoms with Gasteiger partial charge >= 0.3 is 6.03 Å². The molecule has 19 heavy (non-hydrogen) atoms. The number of ether oxygens (including phenoxy) is 1. The lowest BCUT2D eigenvalue weighted by Crippen LogP contribution is -2.35. The van der Waals surface area contributed by atoms with E-state index >= 15 is 0 Å². The van der Waals surface area contributed by atoms with Crippen molar-refractivity contribution in [2.75, 3.05) is 13.7 Å². The maximum absolute atomic E-state index is 11.5. The molecule has 106 valence electrons. The molecule has 0 aliphatic carbocycles. The second-order valence-corrected chi connectivity index (χ2v) is 4.84. The number of carbonyl (C=O) groups excluding carboxylic acids is 1. The van der Waals surface area contributed by atoms with Crippen LogP contribution in [0.5, 0.6) is 5.75 Å². The predicted octanol–water partition coefficient (Wildman–Crippen LogP) is 3.03. The van der Waals surface area contributed by atoms with Gasteiger partial charge in [-0.3, -0.25) is 0 Å². The van der Waals surface area contributed by atoms with Crippen LogP contribution >= 0.6 is 0 Å². The second-order valence-electron chi connectivity index (χ2n) is 4.84. The van der Waals surface area contributed by atoms with Gasteiger partial charge in [0.2, 0.25) is 0 Å². The van der Waals surface area contributed by atoms with E-state index < -0.39 is 0 Å². The van der Waals surface area contributed by atoms with Gasteiger partial charge in [0, 0.05) is 18.7 Å². The summed E-state index contributed by atoms with van der Waals surface area (Å²) < 4.78 is 5.38. The molecule has 4 heteroatoms. The zero-order valence-corrected chi connectivity index (χ0v) is 12.2. The monoisotopic (exact) mass is 264 g/mol. The molecule has 2 amide bonds. The molecule has 0 spiro atoms. The molecule has 0 unspecified atom stereocenters. The third-order valence-corrected chi connectivity index (χ3v) is 2.95. The fraction of sp³-hybridized carbons (Fsp3) is 0.533. The van der Waals surface area contributed by atoms with Gasteiger partial charge in [0.05, 0.1) is 7.11 Å². The van der Waals surface area contributed by atoms with Gasteiger partial charge in [0.1, 0.15) is 5.75 Å². The van der Waals surface area contributed by atoms with Crippen molar-refractivity contribution in [2.45, 2.75) is 39.7 Å². The molecular formula is C15H24N2O2. The molecule has 1 aromatic carbocycles. The summed E-state index contributed by atoms with van der Waals surface area (Å²) in [6.45, 7) is 7.47. The van der Waals surface area contributed by atoms with E-state index in [0.717, 1.165) is 17.7 Å². The van der Waals surface area contributed by atoms with Crippen LogP contribution in [0.3, 0.4) is 0 Å². The Balaban J connectivity index is 2.65. The first kappa shape index (κ1) is 15.3. The molecule has 0 aliphatic rings. The number of urea groups is 1. The average Bonchev–Trinajstić information content (AvgIpc) is 2.42. The van der Waals surface area contributed by atoms with Gasteiger partial charge in [0.25, 0.3) is 0 Å². The molecule has 2 N–H and O–H groups in total. The molecule has 0 atom stereocenters. The normalized spacial score (nSPS) is 10.4. The highest BCUT2D eigenvalue weighted by molar-refractivity contribution is 5.73. The van der Waals surface area contributed by atoms with E-state index in [0.29, 0.717) is 19.0 Å². The number of hydrogen-bond acceptors (Lipinski definition) is 2. The largest absolute Gasteiger partial charge is 0.496 e. The Bertz CT molecular complexity index is 417. The number of benzene rings is 1. The standard InChI is InChI=1S/C15H24N2O2/c1-5-8-16-15(18)17-10-13-7-6-12(11(2)3)9-14(13)19-4/h6-7,9,11H,5,8,10H2,1-4H3,(H2,16,17,18). The summed E-state index contributed by atoms with van der Waals surface area (Å²) in [4.78, 5) is 11.5. The Labute approximate surface area is 115 Å². The fourth-order valence-corrected chi connectivity index (χ4v) is 1.74. The van der Waals surface area contributed by atoms with Crippen LogP contribution in [0.25, 0.3) is 0 Å². The first-order chi connectivity index (χ1) is 9.08. The zero-order valence-electron chi connectivity index (χ0n) is 12.2. The summed E-state index contributed by atoms with van der Waals surface area (Å²) in [5.41, 5.74) is 2.22. The number of amides is 2. The lowest BCUT2D eigenvalue weighted by molar-refractivity contribution is 0.240. The van der Waals surface area contributed by atoms with E-state index in [-0.39, 0.29) is 6.03 Å². The number of hydrogen-bond donors (Lipinski definition) is 2. The first-order valence-electron chi connectivity index (χ1n) is 6.77. The Morgan fingerprint density at radius 3 is 2.63 bits per heavy atom. The van der Waals surface area contributed by atoms with E-state index in [9.17, 15) is 4.79 Å². The van der Waals surface area contributed by atoms with Crippen LogP contribution in [0.2, 0.25) is 0 Å². The quantitative estimate of drug-likeness (QED) is 0.829. The molecule has 4 nitrogen and oxygen atoms in total. The predicted molar refractivity (Wildman–Crippen MR) is 77.6 cm³/mol. The second kappa shape index (κ2) is 7.67. The molecule has 1 aromatic rings. The number of rotatable bonds is 6. The molecule has 0 radical (unpaired) electrons. The van der Waals surface area contributed by atoms with Crippen LogP contribution in [0.15, 0.2) is 18.2 Å². The minimum Gasteiger partial charge on any atom is -0.496 e. The van der Waals surface area contributed by atoms with Gasteiger partial charge < -0.3 is 15.4 Å². The summed E-state index contributed by atoms with van der Waals surface area (Å²) >= 11 is 0. The van der Waals surface area contributed by atoms with Crippen LogP contribution in [-0.2, 0) is 6.54 Å².